The third kappa shape index (κ3) is 1.21. The predicted molar refractivity (Wildman–Crippen MR) is 26.7 cm³/mol. The summed E-state index contributed by atoms with van der Waals surface area (Å²) in [6.07, 6.45) is 0. The summed E-state index contributed by atoms with van der Waals surface area (Å²) >= 11 is 10.7. The third-order valence-corrected chi connectivity index (χ3v) is 1.69. The molecule has 38 valence electrons. The first kappa shape index (κ1) is 5.07. The SMILES string of the molecule is CP1(Cl)(Cl)OO1. The molecule has 1 rings (SSSR count). The molecule has 1 heterocycles. The molecule has 0 aromatic carbocycles. The standard InChI is InChI=1S/CH3Cl2O2P/c1-6(2,3)4-5-6/h1H3. The summed E-state index contributed by atoms with van der Waals surface area (Å²) in [4.78, 5) is 0. The first-order valence-electron chi connectivity index (χ1n) is 1.32. The second kappa shape index (κ2) is 0.862. The quantitative estimate of drug-likeness (QED) is 0.299. The van der Waals surface area contributed by atoms with E-state index in [1.54, 1.807) is 0 Å². The summed E-state index contributed by atoms with van der Waals surface area (Å²) in [6.45, 7) is 1.54. The van der Waals surface area contributed by atoms with Crippen molar-refractivity contribution in [3.05, 3.63) is 0 Å². The Morgan fingerprint density at radius 2 is 1.50 bits per heavy atom. The topological polar surface area (TPSA) is 25.1 Å². The van der Waals surface area contributed by atoms with Gasteiger partial charge in [0.15, 0.2) is 0 Å². The van der Waals surface area contributed by atoms with Gasteiger partial charge in [-0.3, -0.25) is 0 Å². The fraction of sp³-hybridized carbons (Fsp3) is 1.00. The molecule has 6 heavy (non-hydrogen) atoms. The van der Waals surface area contributed by atoms with Crippen LogP contribution in [-0.4, -0.2) is 6.66 Å². The van der Waals surface area contributed by atoms with Crippen molar-refractivity contribution in [1.82, 2.24) is 0 Å². The van der Waals surface area contributed by atoms with Gasteiger partial charge in [0, 0.05) is 0 Å². The molecule has 0 aliphatic carbocycles. The van der Waals surface area contributed by atoms with Gasteiger partial charge in [-0.25, -0.2) is 0 Å². The van der Waals surface area contributed by atoms with Crippen molar-refractivity contribution >= 4 is 28.2 Å². The Hall–Kier alpha value is 0.930. The van der Waals surface area contributed by atoms with Crippen molar-refractivity contribution in [3.63, 3.8) is 0 Å². The summed E-state index contributed by atoms with van der Waals surface area (Å²) < 4.78 is 8.49. The Bertz CT molecular complexity index is 75.3. The molecule has 0 N–H and O–H groups in total. The number of halogens is 2. The summed E-state index contributed by atoms with van der Waals surface area (Å²) in [5.74, 6) is -2.86. The maximum atomic E-state index is 5.35. The average Bonchev–Trinajstić information content (AvgIpc) is 1.73. The minimum atomic E-state index is -2.86. The van der Waals surface area contributed by atoms with Crippen molar-refractivity contribution in [2.24, 2.45) is 0 Å². The van der Waals surface area contributed by atoms with Crippen molar-refractivity contribution in [3.8, 4) is 0 Å². The van der Waals surface area contributed by atoms with Gasteiger partial charge in [0.05, 0.1) is 0 Å². The molecule has 1 saturated heterocycles. The van der Waals surface area contributed by atoms with Gasteiger partial charge in [-0.2, -0.15) is 0 Å². The molecule has 1 aliphatic rings. The molecule has 0 aromatic rings. The van der Waals surface area contributed by atoms with E-state index in [2.05, 4.69) is 9.35 Å². The Morgan fingerprint density at radius 3 is 1.50 bits per heavy atom. The van der Waals surface area contributed by atoms with Gasteiger partial charge in [0.2, 0.25) is 0 Å². The van der Waals surface area contributed by atoms with Gasteiger partial charge in [0.25, 0.3) is 0 Å². The molecule has 0 atom stereocenters. The zero-order chi connectivity index (χ0) is 4.86. The van der Waals surface area contributed by atoms with Crippen LogP contribution in [0.4, 0.5) is 0 Å². The molecule has 1 fully saturated rings. The Kier molecular flexibility index (Phi) is 0.729. The van der Waals surface area contributed by atoms with E-state index in [4.69, 9.17) is 22.5 Å². The minimum absolute atomic E-state index is 1.54. The first-order valence-corrected chi connectivity index (χ1v) is 5.65. The number of rotatable bonds is 0. The van der Waals surface area contributed by atoms with Crippen LogP contribution in [0.1, 0.15) is 0 Å². The van der Waals surface area contributed by atoms with E-state index in [-0.39, 0.29) is 0 Å². The molecule has 0 spiro atoms. The molecule has 0 bridgehead atoms. The van der Waals surface area contributed by atoms with Gasteiger partial charge in [-0.05, 0) is 0 Å². The molecule has 0 radical (unpaired) electrons. The zero-order valence-electron chi connectivity index (χ0n) is 3.02. The van der Waals surface area contributed by atoms with Gasteiger partial charge < -0.3 is 0 Å². The van der Waals surface area contributed by atoms with Crippen LogP contribution < -0.4 is 0 Å². The molecule has 5 heteroatoms. The van der Waals surface area contributed by atoms with Gasteiger partial charge in [0.1, 0.15) is 0 Å². The zero-order valence-corrected chi connectivity index (χ0v) is 5.43. The van der Waals surface area contributed by atoms with Gasteiger partial charge in [-0.1, -0.05) is 0 Å². The summed E-state index contributed by atoms with van der Waals surface area (Å²) in [5.41, 5.74) is 0. The van der Waals surface area contributed by atoms with E-state index in [0.29, 0.717) is 0 Å². The van der Waals surface area contributed by atoms with Crippen LogP contribution in [0.15, 0.2) is 0 Å². The summed E-state index contributed by atoms with van der Waals surface area (Å²) in [5, 5.41) is 0. The van der Waals surface area contributed by atoms with Crippen molar-refractivity contribution in [1.29, 1.82) is 0 Å². The Labute approximate surface area is 44.9 Å². The molecule has 1 aliphatic heterocycles. The maximum absolute atomic E-state index is 5.35. The number of hydrogen-bond acceptors (Lipinski definition) is 2. The van der Waals surface area contributed by atoms with Crippen molar-refractivity contribution in [2.45, 2.75) is 0 Å². The molecule has 0 amide bonds. The molecule has 0 aromatic heterocycles. The predicted octanol–water partition coefficient (Wildman–Crippen LogP) is 2.27. The van der Waals surface area contributed by atoms with Crippen LogP contribution in [0, 0.1) is 0 Å². The van der Waals surface area contributed by atoms with Gasteiger partial charge in [-0.15, -0.1) is 0 Å². The van der Waals surface area contributed by atoms with Crippen LogP contribution in [0.2, 0.25) is 0 Å². The second-order valence-corrected chi connectivity index (χ2v) is 9.02. The molecule has 0 saturated carbocycles. The fourth-order valence-electron chi connectivity index (χ4n) is 0.0585. The molecular formula is CH3Cl2O2P. The van der Waals surface area contributed by atoms with E-state index in [1.165, 1.54) is 6.66 Å². The normalized spacial score (nSPS) is 42.8. The fourth-order valence-corrected chi connectivity index (χ4v) is 0.980. The van der Waals surface area contributed by atoms with Crippen LogP contribution in [-0.2, 0) is 9.35 Å². The summed E-state index contributed by atoms with van der Waals surface area (Å²) in [7, 11) is 0. The Morgan fingerprint density at radius 1 is 1.33 bits per heavy atom. The number of hydrogen-bond donors (Lipinski definition) is 0. The first-order chi connectivity index (χ1) is 2.47. The van der Waals surface area contributed by atoms with Crippen LogP contribution in [0.5, 0.6) is 0 Å². The van der Waals surface area contributed by atoms with Crippen molar-refractivity contribution < 1.29 is 9.35 Å². The van der Waals surface area contributed by atoms with E-state index < -0.39 is 5.76 Å². The average molecular weight is 149 g/mol. The van der Waals surface area contributed by atoms with Gasteiger partial charge >= 0.3 is 44.3 Å². The summed E-state index contributed by atoms with van der Waals surface area (Å²) in [6, 6.07) is 0. The van der Waals surface area contributed by atoms with E-state index in [0.717, 1.165) is 0 Å². The second-order valence-electron chi connectivity index (χ2n) is 1.27. The Balaban J connectivity index is 2.67. The van der Waals surface area contributed by atoms with E-state index >= 15 is 0 Å². The molecule has 2 nitrogen and oxygen atoms in total. The van der Waals surface area contributed by atoms with Crippen LogP contribution >= 0.6 is 28.2 Å². The van der Waals surface area contributed by atoms with E-state index in [1.807, 2.05) is 0 Å². The van der Waals surface area contributed by atoms with E-state index in [9.17, 15) is 0 Å². The monoisotopic (exact) mass is 148 g/mol. The molecular weight excluding hydrogens is 146 g/mol. The third-order valence-electron chi connectivity index (χ3n) is 0.336. The van der Waals surface area contributed by atoms with Crippen LogP contribution in [0.25, 0.3) is 0 Å². The van der Waals surface area contributed by atoms with Crippen molar-refractivity contribution in [2.75, 3.05) is 6.66 Å². The van der Waals surface area contributed by atoms with Crippen LogP contribution in [0.3, 0.4) is 0 Å². The molecule has 0 unspecified atom stereocenters.